The molecule has 20 heavy (non-hydrogen) atoms. The van der Waals surface area contributed by atoms with Gasteiger partial charge in [0, 0.05) is 30.1 Å². The normalized spacial score (nSPS) is 23.4. The predicted octanol–water partition coefficient (Wildman–Crippen LogP) is 2.82. The molecule has 4 nitrogen and oxygen atoms in total. The van der Waals surface area contributed by atoms with Crippen molar-refractivity contribution in [3.8, 4) is 0 Å². The average molecular weight is 339 g/mol. The average Bonchev–Trinajstić information content (AvgIpc) is 2.46. The van der Waals surface area contributed by atoms with E-state index in [0.717, 1.165) is 25.3 Å². The van der Waals surface area contributed by atoms with Crippen LogP contribution < -0.4 is 4.90 Å². The first-order valence-corrected chi connectivity index (χ1v) is 7.97. The van der Waals surface area contributed by atoms with Gasteiger partial charge < -0.3 is 10.0 Å². The molecule has 0 aromatic heterocycles. The molecule has 2 saturated heterocycles. The number of carbonyl (C=O) groups is 1. The quantitative estimate of drug-likeness (QED) is 0.900. The molecule has 0 saturated carbocycles. The molecule has 2 fully saturated rings. The SMILES string of the molecule is O=C(O)c1c(Br)cccc1N1CCN2CCCCC2C1. The number of aromatic carboxylic acids is 1. The van der Waals surface area contributed by atoms with Gasteiger partial charge in [-0.15, -0.1) is 0 Å². The summed E-state index contributed by atoms with van der Waals surface area (Å²) >= 11 is 3.37. The Morgan fingerprint density at radius 2 is 2.10 bits per heavy atom. The molecule has 2 aliphatic rings. The number of nitrogens with zero attached hydrogens (tertiary/aromatic N) is 2. The number of fused-ring (bicyclic) bond motifs is 1. The van der Waals surface area contributed by atoms with Crippen molar-refractivity contribution < 1.29 is 9.90 Å². The van der Waals surface area contributed by atoms with Crippen LogP contribution in [0, 0.1) is 0 Å². The van der Waals surface area contributed by atoms with Crippen LogP contribution in [-0.2, 0) is 0 Å². The fraction of sp³-hybridized carbons (Fsp3) is 0.533. The van der Waals surface area contributed by atoms with Crippen LogP contribution in [-0.4, -0.2) is 48.2 Å². The van der Waals surface area contributed by atoms with E-state index in [1.807, 2.05) is 12.1 Å². The third-order valence-electron chi connectivity index (χ3n) is 4.38. The third-order valence-corrected chi connectivity index (χ3v) is 5.04. The molecule has 2 heterocycles. The number of anilines is 1. The summed E-state index contributed by atoms with van der Waals surface area (Å²) in [6.45, 7) is 4.09. The zero-order valence-electron chi connectivity index (χ0n) is 11.4. The minimum absolute atomic E-state index is 0.386. The van der Waals surface area contributed by atoms with Crippen LogP contribution in [0.5, 0.6) is 0 Å². The fourth-order valence-corrected chi connectivity index (χ4v) is 3.89. The van der Waals surface area contributed by atoms with Crippen molar-refractivity contribution in [2.75, 3.05) is 31.1 Å². The number of hydrogen-bond acceptors (Lipinski definition) is 3. The summed E-state index contributed by atoms with van der Waals surface area (Å²) in [5.41, 5.74) is 1.23. The number of hydrogen-bond donors (Lipinski definition) is 1. The Morgan fingerprint density at radius 3 is 2.90 bits per heavy atom. The van der Waals surface area contributed by atoms with E-state index in [1.165, 1.54) is 25.8 Å². The Bertz CT molecular complexity index is 521. The molecule has 108 valence electrons. The monoisotopic (exact) mass is 338 g/mol. The first kappa shape index (κ1) is 13.9. The topological polar surface area (TPSA) is 43.8 Å². The standard InChI is InChI=1S/C15H19BrN2O2/c16-12-5-3-6-13(14(12)15(19)20)18-9-8-17-7-2-1-4-11(17)10-18/h3,5-6,11H,1-2,4,7-10H2,(H,19,20). The highest BCUT2D eigenvalue weighted by molar-refractivity contribution is 9.10. The summed E-state index contributed by atoms with van der Waals surface area (Å²) in [4.78, 5) is 16.3. The highest BCUT2D eigenvalue weighted by atomic mass is 79.9. The van der Waals surface area contributed by atoms with Crippen LogP contribution >= 0.6 is 15.9 Å². The first-order chi connectivity index (χ1) is 9.66. The highest BCUT2D eigenvalue weighted by Gasteiger charge is 2.30. The summed E-state index contributed by atoms with van der Waals surface area (Å²) in [6.07, 6.45) is 3.82. The van der Waals surface area contributed by atoms with Gasteiger partial charge in [0.1, 0.15) is 0 Å². The van der Waals surface area contributed by atoms with Crippen molar-refractivity contribution in [2.24, 2.45) is 0 Å². The molecule has 0 spiro atoms. The largest absolute Gasteiger partial charge is 0.478 e. The van der Waals surface area contributed by atoms with Crippen molar-refractivity contribution >= 4 is 27.6 Å². The lowest BCUT2D eigenvalue weighted by Gasteiger charge is -2.45. The predicted molar refractivity (Wildman–Crippen MR) is 82.5 cm³/mol. The molecular formula is C15H19BrN2O2. The van der Waals surface area contributed by atoms with Crippen molar-refractivity contribution in [3.05, 3.63) is 28.2 Å². The van der Waals surface area contributed by atoms with E-state index < -0.39 is 5.97 Å². The zero-order chi connectivity index (χ0) is 14.1. The van der Waals surface area contributed by atoms with Gasteiger partial charge in [0.2, 0.25) is 0 Å². The van der Waals surface area contributed by atoms with Gasteiger partial charge in [-0.2, -0.15) is 0 Å². The molecule has 0 bridgehead atoms. The van der Waals surface area contributed by atoms with Crippen LogP contribution in [0.4, 0.5) is 5.69 Å². The number of piperazine rings is 1. The lowest BCUT2D eigenvalue weighted by molar-refractivity contribution is 0.0695. The lowest BCUT2D eigenvalue weighted by Crippen LogP contribution is -2.55. The summed E-state index contributed by atoms with van der Waals surface area (Å²) in [5.74, 6) is -0.862. The van der Waals surface area contributed by atoms with Gasteiger partial charge in [-0.1, -0.05) is 12.5 Å². The van der Waals surface area contributed by atoms with Gasteiger partial charge in [-0.05, 0) is 47.4 Å². The van der Waals surface area contributed by atoms with Crippen LogP contribution in [0.1, 0.15) is 29.6 Å². The van der Waals surface area contributed by atoms with Crippen LogP contribution in [0.3, 0.4) is 0 Å². The van der Waals surface area contributed by atoms with Crippen LogP contribution in [0.25, 0.3) is 0 Å². The number of rotatable bonds is 2. The Kier molecular flexibility index (Phi) is 3.98. The van der Waals surface area contributed by atoms with E-state index >= 15 is 0 Å². The molecule has 0 amide bonds. The summed E-state index contributed by atoms with van der Waals surface area (Å²) in [5, 5.41) is 9.44. The number of carboxylic acid groups (broad SMARTS) is 1. The fourth-order valence-electron chi connectivity index (χ4n) is 3.36. The summed E-state index contributed by atoms with van der Waals surface area (Å²) in [7, 11) is 0. The van der Waals surface area contributed by atoms with Crippen LogP contribution in [0.15, 0.2) is 22.7 Å². The van der Waals surface area contributed by atoms with Gasteiger partial charge >= 0.3 is 5.97 Å². The maximum Gasteiger partial charge on any atom is 0.338 e. The van der Waals surface area contributed by atoms with Gasteiger partial charge in [-0.25, -0.2) is 4.79 Å². The van der Waals surface area contributed by atoms with E-state index in [0.29, 0.717) is 16.1 Å². The van der Waals surface area contributed by atoms with E-state index in [9.17, 15) is 9.90 Å². The number of carboxylic acids is 1. The maximum atomic E-state index is 11.5. The molecule has 1 atom stereocenters. The molecule has 2 aliphatic heterocycles. The molecule has 3 rings (SSSR count). The summed E-state index contributed by atoms with van der Waals surface area (Å²) < 4.78 is 0.661. The van der Waals surface area contributed by atoms with Crippen LogP contribution in [0.2, 0.25) is 0 Å². The second-order valence-corrected chi connectivity index (χ2v) is 6.43. The third kappa shape index (κ3) is 2.56. The second kappa shape index (κ2) is 5.74. The smallest absolute Gasteiger partial charge is 0.338 e. The Hall–Kier alpha value is -1.07. The molecule has 0 radical (unpaired) electrons. The summed E-state index contributed by atoms with van der Waals surface area (Å²) in [6, 6.07) is 6.22. The van der Waals surface area contributed by atoms with Gasteiger partial charge in [-0.3, -0.25) is 4.90 Å². The van der Waals surface area contributed by atoms with E-state index in [-0.39, 0.29) is 0 Å². The minimum Gasteiger partial charge on any atom is -0.478 e. The van der Waals surface area contributed by atoms with Gasteiger partial charge in [0.25, 0.3) is 0 Å². The Morgan fingerprint density at radius 1 is 1.25 bits per heavy atom. The molecule has 1 aromatic carbocycles. The molecular weight excluding hydrogens is 320 g/mol. The molecule has 0 aliphatic carbocycles. The first-order valence-electron chi connectivity index (χ1n) is 7.17. The van der Waals surface area contributed by atoms with E-state index in [1.54, 1.807) is 6.07 Å². The van der Waals surface area contributed by atoms with E-state index in [4.69, 9.17) is 0 Å². The van der Waals surface area contributed by atoms with Gasteiger partial charge in [0.05, 0.1) is 11.3 Å². The molecule has 1 N–H and O–H groups in total. The van der Waals surface area contributed by atoms with Crippen molar-refractivity contribution in [2.45, 2.75) is 25.3 Å². The number of benzene rings is 1. The Labute approximate surface area is 127 Å². The molecule has 1 unspecified atom stereocenters. The van der Waals surface area contributed by atoms with E-state index in [2.05, 4.69) is 25.7 Å². The Balaban J connectivity index is 1.86. The molecule has 1 aromatic rings. The second-order valence-electron chi connectivity index (χ2n) is 5.57. The number of piperidine rings is 1. The van der Waals surface area contributed by atoms with Gasteiger partial charge in [0.15, 0.2) is 0 Å². The zero-order valence-corrected chi connectivity index (χ0v) is 13.0. The lowest BCUT2D eigenvalue weighted by atomic mass is 9.98. The van der Waals surface area contributed by atoms with Crippen molar-refractivity contribution in [1.82, 2.24) is 4.90 Å². The molecule has 5 heteroatoms. The maximum absolute atomic E-state index is 11.5. The minimum atomic E-state index is -0.862. The highest BCUT2D eigenvalue weighted by Crippen LogP contribution is 2.31. The van der Waals surface area contributed by atoms with Crippen molar-refractivity contribution in [1.29, 1.82) is 0 Å². The number of halogens is 1. The van der Waals surface area contributed by atoms with Crippen molar-refractivity contribution in [3.63, 3.8) is 0 Å².